The molecule has 1 aromatic rings. The molecular formula is C10H10N2O3S. The van der Waals surface area contributed by atoms with Gasteiger partial charge < -0.3 is 5.32 Å². The molecule has 1 N–H and O–H groups in total. The van der Waals surface area contributed by atoms with Gasteiger partial charge in [0.05, 0.1) is 16.7 Å². The Hall–Kier alpha value is -1.69. The highest BCUT2D eigenvalue weighted by atomic mass is 32.1. The van der Waals surface area contributed by atoms with Crippen molar-refractivity contribution < 1.29 is 9.72 Å². The molecule has 0 saturated carbocycles. The first-order valence-electron chi connectivity index (χ1n) is 4.85. The number of amides is 1. The van der Waals surface area contributed by atoms with E-state index in [4.69, 9.17) is 0 Å². The molecule has 5 nitrogen and oxygen atoms in total. The van der Waals surface area contributed by atoms with Crippen molar-refractivity contribution in [3.05, 3.63) is 33.7 Å². The third-order valence-corrected chi connectivity index (χ3v) is 3.29. The maximum atomic E-state index is 11.7. The van der Waals surface area contributed by atoms with Crippen LogP contribution < -0.4 is 5.32 Å². The van der Waals surface area contributed by atoms with E-state index in [1.807, 2.05) is 12.2 Å². The van der Waals surface area contributed by atoms with E-state index < -0.39 is 4.92 Å². The van der Waals surface area contributed by atoms with Crippen LogP contribution >= 0.6 is 11.3 Å². The molecule has 6 heteroatoms. The van der Waals surface area contributed by atoms with Gasteiger partial charge in [0.2, 0.25) is 5.91 Å². The molecule has 0 unspecified atom stereocenters. The summed E-state index contributed by atoms with van der Waals surface area (Å²) in [6, 6.07) is 1.38. The SMILES string of the molecule is O=C(Nc1csc([N+](=O)[O-])c1)C1CC=CC1. The zero-order valence-electron chi connectivity index (χ0n) is 8.38. The van der Waals surface area contributed by atoms with Crippen molar-refractivity contribution in [1.29, 1.82) is 0 Å². The van der Waals surface area contributed by atoms with Gasteiger partial charge in [0.25, 0.3) is 0 Å². The summed E-state index contributed by atoms with van der Waals surface area (Å²) >= 11 is 1.01. The number of allylic oxidation sites excluding steroid dienone is 2. The smallest absolute Gasteiger partial charge is 0.325 e. The largest absolute Gasteiger partial charge is 0.326 e. The van der Waals surface area contributed by atoms with Crippen molar-refractivity contribution in [3.8, 4) is 0 Å². The molecule has 0 aliphatic heterocycles. The van der Waals surface area contributed by atoms with Crippen LogP contribution in [0.15, 0.2) is 23.6 Å². The predicted molar refractivity (Wildman–Crippen MR) is 61.5 cm³/mol. The third-order valence-electron chi connectivity index (χ3n) is 2.41. The Balaban J connectivity index is 1.98. The van der Waals surface area contributed by atoms with Crippen LogP contribution in [-0.2, 0) is 4.79 Å². The lowest BCUT2D eigenvalue weighted by Gasteiger charge is -2.08. The molecule has 1 aromatic heterocycles. The molecule has 0 bridgehead atoms. The number of nitro groups is 1. The summed E-state index contributed by atoms with van der Waals surface area (Å²) in [5.74, 6) is -0.100. The molecule has 2 rings (SSSR count). The minimum Gasteiger partial charge on any atom is -0.325 e. The average molecular weight is 238 g/mol. The van der Waals surface area contributed by atoms with Gasteiger partial charge in [-0.05, 0) is 12.8 Å². The Labute approximate surface area is 95.9 Å². The number of nitrogens with zero attached hydrogens (tertiary/aromatic N) is 1. The van der Waals surface area contributed by atoms with Crippen LogP contribution in [0.2, 0.25) is 0 Å². The van der Waals surface area contributed by atoms with E-state index in [0.29, 0.717) is 5.69 Å². The summed E-state index contributed by atoms with van der Waals surface area (Å²) in [6.07, 6.45) is 5.44. The quantitative estimate of drug-likeness (QED) is 0.499. The van der Waals surface area contributed by atoms with E-state index in [9.17, 15) is 14.9 Å². The fraction of sp³-hybridized carbons (Fsp3) is 0.300. The van der Waals surface area contributed by atoms with Crippen molar-refractivity contribution in [2.75, 3.05) is 5.32 Å². The summed E-state index contributed by atoms with van der Waals surface area (Å²) < 4.78 is 0. The number of hydrogen-bond acceptors (Lipinski definition) is 4. The van der Waals surface area contributed by atoms with Gasteiger partial charge in [-0.2, -0.15) is 0 Å². The summed E-state index contributed by atoms with van der Waals surface area (Å²) in [7, 11) is 0. The molecule has 84 valence electrons. The van der Waals surface area contributed by atoms with Gasteiger partial charge in [0.1, 0.15) is 0 Å². The molecule has 0 radical (unpaired) electrons. The molecule has 1 aliphatic rings. The Morgan fingerprint density at radius 3 is 2.75 bits per heavy atom. The van der Waals surface area contributed by atoms with Crippen LogP contribution in [0.25, 0.3) is 0 Å². The second kappa shape index (κ2) is 4.44. The number of thiophene rings is 1. The molecule has 1 heterocycles. The van der Waals surface area contributed by atoms with E-state index in [2.05, 4.69) is 5.32 Å². The second-order valence-electron chi connectivity index (χ2n) is 3.56. The van der Waals surface area contributed by atoms with E-state index in [0.717, 1.165) is 24.2 Å². The number of anilines is 1. The van der Waals surface area contributed by atoms with Crippen molar-refractivity contribution >= 4 is 27.9 Å². The first kappa shape index (κ1) is 10.8. The van der Waals surface area contributed by atoms with E-state index in [1.165, 1.54) is 6.07 Å². The van der Waals surface area contributed by atoms with Gasteiger partial charge in [-0.1, -0.05) is 23.5 Å². The first-order valence-corrected chi connectivity index (χ1v) is 5.73. The lowest BCUT2D eigenvalue weighted by molar-refractivity contribution is -0.380. The fourth-order valence-corrected chi connectivity index (χ4v) is 2.22. The Bertz CT molecular complexity index is 445. The highest BCUT2D eigenvalue weighted by Gasteiger charge is 2.20. The highest BCUT2D eigenvalue weighted by molar-refractivity contribution is 7.13. The average Bonchev–Trinajstić information content (AvgIpc) is 2.87. The number of carbonyl (C=O) groups excluding carboxylic acids is 1. The molecule has 0 aromatic carbocycles. The van der Waals surface area contributed by atoms with Gasteiger partial charge in [0, 0.05) is 11.3 Å². The van der Waals surface area contributed by atoms with Gasteiger partial charge in [-0.25, -0.2) is 0 Å². The van der Waals surface area contributed by atoms with E-state index in [1.54, 1.807) is 5.38 Å². The van der Waals surface area contributed by atoms with Crippen molar-refractivity contribution in [3.63, 3.8) is 0 Å². The van der Waals surface area contributed by atoms with Gasteiger partial charge >= 0.3 is 5.00 Å². The summed E-state index contributed by atoms with van der Waals surface area (Å²) in [4.78, 5) is 21.7. The number of nitrogens with one attached hydrogen (secondary N) is 1. The minimum atomic E-state index is -0.461. The minimum absolute atomic E-state index is 0.0287. The van der Waals surface area contributed by atoms with Crippen LogP contribution in [-0.4, -0.2) is 10.8 Å². The van der Waals surface area contributed by atoms with Gasteiger partial charge in [-0.15, -0.1) is 0 Å². The topological polar surface area (TPSA) is 72.2 Å². The number of rotatable bonds is 3. The molecule has 0 saturated heterocycles. The number of carbonyl (C=O) groups is 1. The highest BCUT2D eigenvalue weighted by Crippen LogP contribution is 2.27. The van der Waals surface area contributed by atoms with Crippen molar-refractivity contribution in [1.82, 2.24) is 0 Å². The molecule has 0 atom stereocenters. The molecule has 1 amide bonds. The Morgan fingerprint density at radius 1 is 1.50 bits per heavy atom. The molecule has 1 aliphatic carbocycles. The van der Waals surface area contributed by atoms with Gasteiger partial charge in [0.15, 0.2) is 0 Å². The summed E-state index contributed by atoms with van der Waals surface area (Å²) in [6.45, 7) is 0. The zero-order valence-corrected chi connectivity index (χ0v) is 9.20. The van der Waals surface area contributed by atoms with E-state index >= 15 is 0 Å². The summed E-state index contributed by atoms with van der Waals surface area (Å²) in [5.41, 5.74) is 0.508. The van der Waals surface area contributed by atoms with Crippen LogP contribution in [0.5, 0.6) is 0 Å². The van der Waals surface area contributed by atoms with Crippen molar-refractivity contribution in [2.24, 2.45) is 5.92 Å². The third kappa shape index (κ3) is 2.27. The maximum absolute atomic E-state index is 11.7. The van der Waals surface area contributed by atoms with E-state index in [-0.39, 0.29) is 16.8 Å². The fourth-order valence-electron chi connectivity index (χ4n) is 1.56. The lowest BCUT2D eigenvalue weighted by Crippen LogP contribution is -2.20. The molecule has 0 fully saturated rings. The normalized spacial score (nSPS) is 15.2. The molecular weight excluding hydrogens is 228 g/mol. The molecule has 0 spiro atoms. The Kier molecular flexibility index (Phi) is 3.00. The van der Waals surface area contributed by atoms with Gasteiger partial charge in [-0.3, -0.25) is 14.9 Å². The summed E-state index contributed by atoms with van der Waals surface area (Å²) in [5, 5.41) is 14.8. The molecule has 16 heavy (non-hydrogen) atoms. The monoisotopic (exact) mass is 238 g/mol. The second-order valence-corrected chi connectivity index (χ2v) is 4.45. The number of hydrogen-bond donors (Lipinski definition) is 1. The standard InChI is InChI=1S/C10H10N2O3S/c13-10(7-3-1-2-4-7)11-8-5-9(12(14)15)16-6-8/h1-2,5-7H,3-4H2,(H,11,13). The zero-order chi connectivity index (χ0) is 11.5. The Morgan fingerprint density at radius 2 is 2.19 bits per heavy atom. The maximum Gasteiger partial charge on any atom is 0.326 e. The van der Waals surface area contributed by atoms with Crippen LogP contribution in [0, 0.1) is 16.0 Å². The van der Waals surface area contributed by atoms with Crippen molar-refractivity contribution in [2.45, 2.75) is 12.8 Å². The van der Waals surface area contributed by atoms with Crippen LogP contribution in [0.1, 0.15) is 12.8 Å². The first-order chi connectivity index (χ1) is 7.66. The lowest BCUT2D eigenvalue weighted by atomic mass is 10.1. The predicted octanol–water partition coefficient (Wildman–Crippen LogP) is 2.56. The van der Waals surface area contributed by atoms with Crippen LogP contribution in [0.4, 0.5) is 10.7 Å². The van der Waals surface area contributed by atoms with Crippen LogP contribution in [0.3, 0.4) is 0 Å².